The molecule has 0 amide bonds. The molecule has 0 bridgehead atoms. The Labute approximate surface area is 130 Å². The van der Waals surface area contributed by atoms with Crippen molar-refractivity contribution in [2.45, 2.75) is 20.8 Å². The van der Waals surface area contributed by atoms with Crippen molar-refractivity contribution in [2.75, 3.05) is 0 Å². The summed E-state index contributed by atoms with van der Waals surface area (Å²) in [7, 11) is 0. The van der Waals surface area contributed by atoms with E-state index in [1.165, 1.54) is 16.3 Å². The largest absolute Gasteiger partial charge is 0.300 e. The highest BCUT2D eigenvalue weighted by Crippen LogP contribution is 2.22. The average Bonchev–Trinajstić information content (AvgIpc) is 3.00. The van der Waals surface area contributed by atoms with E-state index in [0.29, 0.717) is 0 Å². The van der Waals surface area contributed by atoms with Gasteiger partial charge in [0, 0.05) is 29.4 Å². The SMILES string of the molecule is CC.Cc1ccc2cnc(-n3ccc4ccncc43)cc2c1. The smallest absolute Gasteiger partial charge is 0.137 e. The molecule has 0 saturated heterocycles. The number of nitrogens with zero attached hydrogens (tertiary/aromatic N) is 3. The molecule has 0 radical (unpaired) electrons. The van der Waals surface area contributed by atoms with Gasteiger partial charge in [-0.1, -0.05) is 37.6 Å². The number of hydrogen-bond donors (Lipinski definition) is 0. The summed E-state index contributed by atoms with van der Waals surface area (Å²) in [4.78, 5) is 8.76. The molecule has 4 aromatic rings. The second-order valence-electron chi connectivity index (χ2n) is 5.01. The van der Waals surface area contributed by atoms with Crippen LogP contribution in [0.1, 0.15) is 19.4 Å². The van der Waals surface area contributed by atoms with E-state index in [1.54, 1.807) is 0 Å². The fourth-order valence-electron chi connectivity index (χ4n) is 2.55. The van der Waals surface area contributed by atoms with E-state index in [-0.39, 0.29) is 0 Å². The number of aryl methyl sites for hydroxylation is 1. The number of benzene rings is 1. The molecular weight excluding hydrogens is 270 g/mol. The highest BCUT2D eigenvalue weighted by Gasteiger charge is 2.05. The van der Waals surface area contributed by atoms with Crippen LogP contribution in [0.2, 0.25) is 0 Å². The maximum atomic E-state index is 4.56. The minimum absolute atomic E-state index is 0.922. The zero-order chi connectivity index (χ0) is 15.5. The second-order valence-corrected chi connectivity index (χ2v) is 5.01. The van der Waals surface area contributed by atoms with Gasteiger partial charge in [-0.3, -0.25) is 9.55 Å². The maximum Gasteiger partial charge on any atom is 0.137 e. The summed E-state index contributed by atoms with van der Waals surface area (Å²) >= 11 is 0. The Morgan fingerprint density at radius 3 is 2.59 bits per heavy atom. The molecule has 0 N–H and O–H groups in total. The summed E-state index contributed by atoms with van der Waals surface area (Å²) in [6.07, 6.45) is 7.64. The Morgan fingerprint density at radius 2 is 1.73 bits per heavy atom. The summed E-state index contributed by atoms with van der Waals surface area (Å²) in [6, 6.07) is 12.6. The van der Waals surface area contributed by atoms with E-state index >= 15 is 0 Å². The molecule has 0 saturated carbocycles. The Morgan fingerprint density at radius 1 is 0.864 bits per heavy atom. The lowest BCUT2D eigenvalue weighted by molar-refractivity contribution is 1.05. The highest BCUT2D eigenvalue weighted by atomic mass is 15.1. The van der Waals surface area contributed by atoms with Crippen LogP contribution in [-0.4, -0.2) is 14.5 Å². The Balaban J connectivity index is 0.000000693. The van der Waals surface area contributed by atoms with Crippen LogP contribution in [0.4, 0.5) is 0 Å². The third-order valence-electron chi connectivity index (χ3n) is 3.61. The monoisotopic (exact) mass is 289 g/mol. The fraction of sp³-hybridized carbons (Fsp3) is 0.158. The molecule has 3 nitrogen and oxygen atoms in total. The Kier molecular flexibility index (Phi) is 3.88. The van der Waals surface area contributed by atoms with Crippen LogP contribution in [0.3, 0.4) is 0 Å². The molecule has 4 rings (SSSR count). The number of fused-ring (bicyclic) bond motifs is 2. The molecule has 22 heavy (non-hydrogen) atoms. The van der Waals surface area contributed by atoms with E-state index in [9.17, 15) is 0 Å². The first-order valence-electron chi connectivity index (χ1n) is 7.59. The van der Waals surface area contributed by atoms with Gasteiger partial charge in [-0.25, -0.2) is 4.98 Å². The zero-order valence-corrected chi connectivity index (χ0v) is 13.1. The summed E-state index contributed by atoms with van der Waals surface area (Å²) in [5.74, 6) is 0.922. The predicted octanol–water partition coefficient (Wildman–Crippen LogP) is 4.91. The van der Waals surface area contributed by atoms with Gasteiger partial charge >= 0.3 is 0 Å². The summed E-state index contributed by atoms with van der Waals surface area (Å²) in [5, 5.41) is 3.54. The highest BCUT2D eigenvalue weighted by molar-refractivity contribution is 5.85. The van der Waals surface area contributed by atoms with Crippen LogP contribution in [0.15, 0.2) is 61.2 Å². The fourth-order valence-corrected chi connectivity index (χ4v) is 2.55. The lowest BCUT2D eigenvalue weighted by Crippen LogP contribution is -1.95. The van der Waals surface area contributed by atoms with Crippen LogP contribution in [0.25, 0.3) is 27.5 Å². The molecule has 110 valence electrons. The van der Waals surface area contributed by atoms with E-state index in [2.05, 4.69) is 51.8 Å². The third-order valence-corrected chi connectivity index (χ3v) is 3.61. The number of aromatic nitrogens is 3. The maximum absolute atomic E-state index is 4.56. The molecule has 0 atom stereocenters. The molecule has 3 heteroatoms. The predicted molar refractivity (Wildman–Crippen MR) is 92.5 cm³/mol. The van der Waals surface area contributed by atoms with Gasteiger partial charge in [0.1, 0.15) is 5.82 Å². The first-order valence-corrected chi connectivity index (χ1v) is 7.59. The first kappa shape index (κ1) is 14.3. The topological polar surface area (TPSA) is 30.7 Å². The van der Waals surface area contributed by atoms with E-state index in [1.807, 2.05) is 44.7 Å². The Hall–Kier alpha value is -2.68. The molecule has 0 aliphatic carbocycles. The lowest BCUT2D eigenvalue weighted by Gasteiger charge is -2.06. The van der Waals surface area contributed by atoms with Gasteiger partial charge in [-0.2, -0.15) is 0 Å². The number of pyridine rings is 2. The minimum atomic E-state index is 0.922. The van der Waals surface area contributed by atoms with E-state index < -0.39 is 0 Å². The van der Waals surface area contributed by atoms with Gasteiger partial charge in [0.2, 0.25) is 0 Å². The van der Waals surface area contributed by atoms with Crippen molar-refractivity contribution in [3.05, 3.63) is 66.7 Å². The average molecular weight is 289 g/mol. The molecule has 0 unspecified atom stereocenters. The normalized spacial score (nSPS) is 10.5. The number of rotatable bonds is 1. The van der Waals surface area contributed by atoms with Gasteiger partial charge in [-0.15, -0.1) is 0 Å². The standard InChI is InChI=1S/C17H13N3.C2H6/c1-12-2-3-14-10-19-17(9-15(14)8-12)20-7-5-13-4-6-18-11-16(13)20;1-2/h2-11H,1H3;1-2H3. The molecule has 3 aromatic heterocycles. The van der Waals surface area contributed by atoms with Crippen molar-refractivity contribution in [1.29, 1.82) is 0 Å². The summed E-state index contributed by atoms with van der Waals surface area (Å²) < 4.78 is 2.07. The van der Waals surface area contributed by atoms with Gasteiger partial charge in [-0.05, 0) is 30.5 Å². The molecule has 0 fully saturated rings. The third kappa shape index (κ3) is 2.46. The summed E-state index contributed by atoms with van der Waals surface area (Å²) in [6.45, 7) is 6.11. The Bertz CT molecular complexity index is 922. The van der Waals surface area contributed by atoms with E-state index in [0.717, 1.165) is 16.7 Å². The van der Waals surface area contributed by atoms with Crippen molar-refractivity contribution >= 4 is 21.7 Å². The van der Waals surface area contributed by atoms with E-state index in [4.69, 9.17) is 0 Å². The zero-order valence-electron chi connectivity index (χ0n) is 13.1. The van der Waals surface area contributed by atoms with Crippen LogP contribution in [-0.2, 0) is 0 Å². The van der Waals surface area contributed by atoms with Crippen molar-refractivity contribution in [3.8, 4) is 5.82 Å². The van der Waals surface area contributed by atoms with Crippen molar-refractivity contribution in [3.63, 3.8) is 0 Å². The molecule has 3 heterocycles. The van der Waals surface area contributed by atoms with Gasteiger partial charge in [0.15, 0.2) is 0 Å². The minimum Gasteiger partial charge on any atom is -0.300 e. The van der Waals surface area contributed by atoms with Crippen LogP contribution in [0.5, 0.6) is 0 Å². The second kappa shape index (κ2) is 5.98. The van der Waals surface area contributed by atoms with Crippen molar-refractivity contribution in [1.82, 2.24) is 14.5 Å². The van der Waals surface area contributed by atoms with Crippen LogP contribution >= 0.6 is 0 Å². The van der Waals surface area contributed by atoms with Gasteiger partial charge < -0.3 is 0 Å². The lowest BCUT2D eigenvalue weighted by atomic mass is 10.1. The quantitative estimate of drug-likeness (QED) is 0.498. The first-order chi connectivity index (χ1) is 10.8. The van der Waals surface area contributed by atoms with Crippen molar-refractivity contribution < 1.29 is 0 Å². The molecular formula is C19H19N3. The molecule has 1 aromatic carbocycles. The molecule has 0 spiro atoms. The van der Waals surface area contributed by atoms with Crippen molar-refractivity contribution in [2.24, 2.45) is 0 Å². The van der Waals surface area contributed by atoms with Crippen LogP contribution in [0, 0.1) is 6.92 Å². The summed E-state index contributed by atoms with van der Waals surface area (Å²) in [5.41, 5.74) is 2.33. The number of hydrogen-bond acceptors (Lipinski definition) is 2. The van der Waals surface area contributed by atoms with Crippen LogP contribution < -0.4 is 0 Å². The van der Waals surface area contributed by atoms with Gasteiger partial charge in [0.25, 0.3) is 0 Å². The van der Waals surface area contributed by atoms with Gasteiger partial charge in [0.05, 0.1) is 11.7 Å². The molecule has 0 aliphatic heterocycles. The molecule has 0 aliphatic rings.